The molecule has 4 heteroatoms. The van der Waals surface area contributed by atoms with E-state index in [9.17, 15) is 9.59 Å². The normalized spacial score (nSPS) is 11.9. The molecular weight excluding hydrogens is 372 g/mol. The second-order valence-corrected chi connectivity index (χ2v) is 8.37. The maximum atomic E-state index is 13.1. The number of carbonyl (C=O) groups excluding carboxylic acids is 2. The van der Waals surface area contributed by atoms with Crippen molar-refractivity contribution >= 4 is 11.8 Å². The van der Waals surface area contributed by atoms with Gasteiger partial charge < -0.3 is 10.2 Å². The van der Waals surface area contributed by atoms with Crippen molar-refractivity contribution in [2.24, 2.45) is 0 Å². The maximum absolute atomic E-state index is 13.1. The summed E-state index contributed by atoms with van der Waals surface area (Å²) in [5.74, 6) is 0.399. The van der Waals surface area contributed by atoms with Crippen molar-refractivity contribution in [1.82, 2.24) is 10.2 Å². The Morgan fingerprint density at radius 2 is 1.70 bits per heavy atom. The molecule has 0 aliphatic rings. The van der Waals surface area contributed by atoms with Crippen LogP contribution >= 0.6 is 0 Å². The molecule has 0 fully saturated rings. The molecule has 4 nitrogen and oxygen atoms in total. The molecule has 0 radical (unpaired) electrons. The molecule has 0 aliphatic carbocycles. The van der Waals surface area contributed by atoms with Crippen LogP contribution < -0.4 is 5.32 Å². The van der Waals surface area contributed by atoms with E-state index in [1.807, 2.05) is 39.0 Å². The van der Waals surface area contributed by atoms with E-state index in [-0.39, 0.29) is 11.8 Å². The molecule has 0 saturated heterocycles. The zero-order valence-corrected chi connectivity index (χ0v) is 19.1. The maximum Gasteiger partial charge on any atom is 0.242 e. The van der Waals surface area contributed by atoms with Crippen LogP contribution in [0.3, 0.4) is 0 Å². The summed E-state index contributed by atoms with van der Waals surface area (Å²) in [6.07, 6.45) is 1.93. The Morgan fingerprint density at radius 3 is 2.30 bits per heavy atom. The molecule has 162 valence electrons. The molecule has 0 heterocycles. The van der Waals surface area contributed by atoms with Gasteiger partial charge in [-0.3, -0.25) is 9.59 Å². The SMILES string of the molecule is CCCNC(=O)[C@H](C)N(Cc1cccc(C)c1)C(=O)CCc1ccc(C(C)C)cc1. The highest BCUT2D eigenvalue weighted by atomic mass is 16.2. The van der Waals surface area contributed by atoms with E-state index in [1.165, 1.54) is 5.56 Å². The summed E-state index contributed by atoms with van der Waals surface area (Å²) in [6, 6.07) is 16.1. The van der Waals surface area contributed by atoms with Gasteiger partial charge in [-0.2, -0.15) is 0 Å². The first-order valence-corrected chi connectivity index (χ1v) is 11.0. The number of aryl methyl sites for hydroxylation is 2. The van der Waals surface area contributed by atoms with Crippen LogP contribution in [0.5, 0.6) is 0 Å². The summed E-state index contributed by atoms with van der Waals surface area (Å²) in [4.78, 5) is 27.4. The summed E-state index contributed by atoms with van der Waals surface area (Å²) in [7, 11) is 0. The summed E-state index contributed by atoms with van der Waals surface area (Å²) >= 11 is 0. The Kier molecular flexibility index (Phi) is 9.10. The molecule has 2 rings (SSSR count). The van der Waals surface area contributed by atoms with Gasteiger partial charge in [0.25, 0.3) is 0 Å². The molecule has 0 unspecified atom stereocenters. The molecule has 0 saturated carbocycles. The molecule has 0 aromatic heterocycles. The van der Waals surface area contributed by atoms with Gasteiger partial charge in [0, 0.05) is 19.5 Å². The minimum atomic E-state index is -0.507. The predicted octanol–water partition coefficient (Wildman–Crippen LogP) is 4.99. The summed E-state index contributed by atoms with van der Waals surface area (Å²) in [5.41, 5.74) is 4.63. The molecule has 0 bridgehead atoms. The second-order valence-electron chi connectivity index (χ2n) is 8.37. The fraction of sp³-hybridized carbons (Fsp3) is 0.462. The van der Waals surface area contributed by atoms with E-state index in [0.717, 1.165) is 23.1 Å². The highest BCUT2D eigenvalue weighted by molar-refractivity contribution is 5.87. The monoisotopic (exact) mass is 408 g/mol. The first-order valence-electron chi connectivity index (χ1n) is 11.0. The summed E-state index contributed by atoms with van der Waals surface area (Å²) < 4.78 is 0. The van der Waals surface area contributed by atoms with Gasteiger partial charge in [-0.1, -0.05) is 74.9 Å². The first-order chi connectivity index (χ1) is 14.3. The van der Waals surface area contributed by atoms with Crippen molar-refractivity contribution in [2.45, 2.75) is 72.4 Å². The third-order valence-electron chi connectivity index (χ3n) is 5.43. The van der Waals surface area contributed by atoms with Gasteiger partial charge in [0.2, 0.25) is 11.8 Å². The lowest BCUT2D eigenvalue weighted by Gasteiger charge is -2.29. The average Bonchev–Trinajstić information content (AvgIpc) is 2.74. The molecule has 0 spiro atoms. The third kappa shape index (κ3) is 7.01. The van der Waals surface area contributed by atoms with Gasteiger partial charge in [0.1, 0.15) is 6.04 Å². The number of carbonyl (C=O) groups is 2. The Bertz CT molecular complexity index is 827. The van der Waals surface area contributed by atoms with E-state index < -0.39 is 6.04 Å². The van der Waals surface area contributed by atoms with Crippen molar-refractivity contribution in [1.29, 1.82) is 0 Å². The third-order valence-corrected chi connectivity index (χ3v) is 5.43. The molecule has 0 aliphatic heterocycles. The number of benzene rings is 2. The molecule has 30 heavy (non-hydrogen) atoms. The number of nitrogens with one attached hydrogen (secondary N) is 1. The Morgan fingerprint density at radius 1 is 1.00 bits per heavy atom. The zero-order chi connectivity index (χ0) is 22.1. The Balaban J connectivity index is 2.11. The zero-order valence-electron chi connectivity index (χ0n) is 19.1. The summed E-state index contributed by atoms with van der Waals surface area (Å²) in [5, 5.41) is 2.92. The lowest BCUT2D eigenvalue weighted by Crippen LogP contribution is -2.47. The van der Waals surface area contributed by atoms with Crippen molar-refractivity contribution < 1.29 is 9.59 Å². The highest BCUT2D eigenvalue weighted by Gasteiger charge is 2.25. The van der Waals surface area contributed by atoms with E-state index in [4.69, 9.17) is 0 Å². The van der Waals surface area contributed by atoms with Gasteiger partial charge in [-0.25, -0.2) is 0 Å². The van der Waals surface area contributed by atoms with Gasteiger partial charge in [0.05, 0.1) is 0 Å². The van der Waals surface area contributed by atoms with Gasteiger partial charge in [-0.05, 0) is 49.3 Å². The van der Waals surface area contributed by atoms with E-state index in [2.05, 4.69) is 49.5 Å². The fourth-order valence-electron chi connectivity index (χ4n) is 3.45. The molecule has 1 atom stereocenters. The lowest BCUT2D eigenvalue weighted by atomic mass is 10.00. The number of amides is 2. The summed E-state index contributed by atoms with van der Waals surface area (Å²) in [6.45, 7) is 11.3. The van der Waals surface area contributed by atoms with Crippen LogP contribution in [-0.4, -0.2) is 29.3 Å². The largest absolute Gasteiger partial charge is 0.354 e. The predicted molar refractivity (Wildman–Crippen MR) is 123 cm³/mol. The number of nitrogens with zero attached hydrogens (tertiary/aromatic N) is 1. The molecular formula is C26H36N2O2. The number of hydrogen-bond donors (Lipinski definition) is 1. The highest BCUT2D eigenvalue weighted by Crippen LogP contribution is 2.17. The number of rotatable bonds is 10. The first kappa shape index (κ1) is 23.7. The van der Waals surface area contributed by atoms with Crippen molar-refractivity contribution in [3.8, 4) is 0 Å². The van der Waals surface area contributed by atoms with E-state index in [1.54, 1.807) is 4.90 Å². The average molecular weight is 409 g/mol. The van der Waals surface area contributed by atoms with Crippen LogP contribution in [0.15, 0.2) is 48.5 Å². The van der Waals surface area contributed by atoms with Crippen molar-refractivity contribution in [3.63, 3.8) is 0 Å². The Labute approximate surface area is 181 Å². The van der Waals surface area contributed by atoms with Crippen LogP contribution in [0.25, 0.3) is 0 Å². The second kappa shape index (κ2) is 11.5. The van der Waals surface area contributed by atoms with Crippen LogP contribution in [0.1, 0.15) is 68.7 Å². The quantitative estimate of drug-likeness (QED) is 0.602. The van der Waals surface area contributed by atoms with Crippen LogP contribution in [0, 0.1) is 6.92 Å². The van der Waals surface area contributed by atoms with E-state index in [0.29, 0.717) is 31.8 Å². The molecule has 2 aromatic carbocycles. The minimum Gasteiger partial charge on any atom is -0.354 e. The number of hydrogen-bond acceptors (Lipinski definition) is 2. The topological polar surface area (TPSA) is 49.4 Å². The smallest absolute Gasteiger partial charge is 0.242 e. The van der Waals surface area contributed by atoms with Crippen molar-refractivity contribution in [2.75, 3.05) is 6.54 Å². The lowest BCUT2D eigenvalue weighted by molar-refractivity contribution is -0.140. The molecule has 1 N–H and O–H groups in total. The standard InChI is InChI=1S/C26H36N2O2/c1-6-16-27-26(30)21(5)28(18-23-9-7-8-20(4)17-23)25(29)15-12-22-10-13-24(14-11-22)19(2)3/h7-11,13-14,17,19,21H,6,12,15-16,18H2,1-5H3,(H,27,30)/t21-/m0/s1. The van der Waals surface area contributed by atoms with Crippen LogP contribution in [-0.2, 0) is 22.6 Å². The Hall–Kier alpha value is -2.62. The fourth-order valence-corrected chi connectivity index (χ4v) is 3.45. The van der Waals surface area contributed by atoms with E-state index >= 15 is 0 Å². The van der Waals surface area contributed by atoms with Gasteiger partial charge in [-0.15, -0.1) is 0 Å². The molecule has 2 aromatic rings. The molecule has 2 amide bonds. The van der Waals surface area contributed by atoms with Crippen LogP contribution in [0.2, 0.25) is 0 Å². The minimum absolute atomic E-state index is 0.00332. The van der Waals surface area contributed by atoms with Gasteiger partial charge in [0.15, 0.2) is 0 Å². The van der Waals surface area contributed by atoms with Gasteiger partial charge >= 0.3 is 0 Å². The van der Waals surface area contributed by atoms with Crippen molar-refractivity contribution in [3.05, 3.63) is 70.8 Å². The van der Waals surface area contributed by atoms with Crippen LogP contribution in [0.4, 0.5) is 0 Å².